The van der Waals surface area contributed by atoms with Crippen molar-refractivity contribution in [3.63, 3.8) is 0 Å². The molecule has 0 aromatic carbocycles. The van der Waals surface area contributed by atoms with Gasteiger partial charge in [0.1, 0.15) is 0 Å². The van der Waals surface area contributed by atoms with Crippen LogP contribution < -0.4 is 0 Å². The van der Waals surface area contributed by atoms with Crippen LogP contribution in [0.1, 0.15) is 52.9 Å². The van der Waals surface area contributed by atoms with Crippen LogP contribution in [0.4, 0.5) is 0 Å². The van der Waals surface area contributed by atoms with Gasteiger partial charge >= 0.3 is 5.97 Å². The van der Waals surface area contributed by atoms with E-state index in [9.17, 15) is 4.79 Å². The van der Waals surface area contributed by atoms with Crippen molar-refractivity contribution in [2.75, 3.05) is 13.1 Å². The maximum Gasteiger partial charge on any atom is 0.307 e. The Morgan fingerprint density at radius 1 is 1.41 bits per heavy atom. The Morgan fingerprint density at radius 3 is 2.65 bits per heavy atom. The molecule has 1 aliphatic heterocycles. The van der Waals surface area contributed by atoms with E-state index >= 15 is 0 Å². The van der Waals surface area contributed by atoms with Crippen molar-refractivity contribution in [1.82, 2.24) is 4.90 Å². The number of piperidine rings is 1. The van der Waals surface area contributed by atoms with Crippen molar-refractivity contribution in [1.29, 1.82) is 0 Å². The van der Waals surface area contributed by atoms with Crippen LogP contribution in [0.15, 0.2) is 0 Å². The molecule has 0 aliphatic carbocycles. The summed E-state index contributed by atoms with van der Waals surface area (Å²) in [5, 5.41) is 9.11. The number of hydrogen-bond donors (Lipinski definition) is 1. The van der Waals surface area contributed by atoms with Crippen LogP contribution in [0.2, 0.25) is 0 Å². The summed E-state index contributed by atoms with van der Waals surface area (Å²) in [6.45, 7) is 8.58. The number of nitrogens with zero attached hydrogens (tertiary/aromatic N) is 1. The highest BCUT2D eigenvalue weighted by Gasteiger charge is 2.29. The Kier molecular flexibility index (Phi) is 5.96. The fourth-order valence-corrected chi connectivity index (χ4v) is 2.74. The number of aliphatic carboxylic acids is 1. The lowest BCUT2D eigenvalue weighted by molar-refractivity contribution is -0.144. The van der Waals surface area contributed by atoms with Gasteiger partial charge in [-0.15, -0.1) is 0 Å². The van der Waals surface area contributed by atoms with E-state index in [1.54, 1.807) is 0 Å². The van der Waals surface area contributed by atoms with Crippen LogP contribution in [0.5, 0.6) is 0 Å². The Bertz CT molecular complexity index is 242. The van der Waals surface area contributed by atoms with Crippen LogP contribution in [0.3, 0.4) is 0 Å². The van der Waals surface area contributed by atoms with E-state index < -0.39 is 5.97 Å². The summed E-state index contributed by atoms with van der Waals surface area (Å²) in [5.41, 5.74) is 0. The van der Waals surface area contributed by atoms with Crippen molar-refractivity contribution < 1.29 is 9.90 Å². The summed E-state index contributed by atoms with van der Waals surface area (Å²) in [6.07, 6.45) is 5.45. The molecule has 0 bridgehead atoms. The van der Waals surface area contributed by atoms with E-state index in [1.165, 1.54) is 12.8 Å². The van der Waals surface area contributed by atoms with Gasteiger partial charge < -0.3 is 5.11 Å². The zero-order chi connectivity index (χ0) is 12.8. The molecule has 0 aromatic heterocycles. The first kappa shape index (κ1) is 14.5. The average molecular weight is 241 g/mol. The molecule has 3 unspecified atom stereocenters. The minimum atomic E-state index is -0.618. The predicted molar refractivity (Wildman–Crippen MR) is 70.1 cm³/mol. The van der Waals surface area contributed by atoms with Crippen LogP contribution >= 0.6 is 0 Å². The van der Waals surface area contributed by atoms with Gasteiger partial charge in [-0.2, -0.15) is 0 Å². The van der Waals surface area contributed by atoms with Gasteiger partial charge in [0, 0.05) is 12.6 Å². The quantitative estimate of drug-likeness (QED) is 0.777. The number of hydrogen-bond acceptors (Lipinski definition) is 2. The Balaban J connectivity index is 2.53. The summed E-state index contributed by atoms with van der Waals surface area (Å²) in [5.74, 6) is -0.0204. The Morgan fingerprint density at radius 2 is 2.12 bits per heavy atom. The maximum atomic E-state index is 11.1. The molecule has 1 fully saturated rings. The topological polar surface area (TPSA) is 40.5 Å². The molecule has 1 N–H and O–H groups in total. The van der Waals surface area contributed by atoms with E-state index in [4.69, 9.17) is 5.11 Å². The molecule has 1 rings (SSSR count). The van der Waals surface area contributed by atoms with Crippen molar-refractivity contribution in [3.8, 4) is 0 Å². The van der Waals surface area contributed by atoms with E-state index in [0.29, 0.717) is 6.04 Å². The second-order valence-corrected chi connectivity index (χ2v) is 5.48. The number of carboxylic acid groups (broad SMARTS) is 1. The van der Waals surface area contributed by atoms with Crippen molar-refractivity contribution in [2.45, 2.75) is 58.9 Å². The van der Waals surface area contributed by atoms with Gasteiger partial charge in [-0.25, -0.2) is 0 Å². The molecule has 0 radical (unpaired) electrons. The lowest BCUT2D eigenvalue weighted by Gasteiger charge is -2.37. The summed E-state index contributed by atoms with van der Waals surface area (Å²) in [6, 6.07) is 0.576. The first-order valence-electron chi connectivity index (χ1n) is 7.05. The second-order valence-electron chi connectivity index (χ2n) is 5.48. The molecule has 3 nitrogen and oxygen atoms in total. The number of carbonyl (C=O) groups is 1. The van der Waals surface area contributed by atoms with Crippen molar-refractivity contribution in [2.24, 2.45) is 11.8 Å². The summed E-state index contributed by atoms with van der Waals surface area (Å²) >= 11 is 0. The Hall–Kier alpha value is -0.570. The SMILES string of the molecule is CCC(C)CC(CC)N1CCCC(C(=O)O)C1. The monoisotopic (exact) mass is 241 g/mol. The van der Waals surface area contributed by atoms with E-state index in [1.807, 2.05) is 0 Å². The molecular weight excluding hydrogens is 214 g/mol. The van der Waals surface area contributed by atoms with Gasteiger partial charge in [0.2, 0.25) is 0 Å². The minimum absolute atomic E-state index is 0.144. The van der Waals surface area contributed by atoms with Gasteiger partial charge in [0.25, 0.3) is 0 Å². The molecule has 0 aromatic rings. The molecule has 3 heteroatoms. The molecular formula is C14H27NO2. The lowest BCUT2D eigenvalue weighted by atomic mass is 9.92. The average Bonchev–Trinajstić information content (AvgIpc) is 2.35. The third kappa shape index (κ3) is 4.30. The van der Waals surface area contributed by atoms with Gasteiger partial charge in [0.05, 0.1) is 5.92 Å². The van der Waals surface area contributed by atoms with Crippen LogP contribution in [-0.4, -0.2) is 35.1 Å². The maximum absolute atomic E-state index is 11.1. The van der Waals surface area contributed by atoms with E-state index in [2.05, 4.69) is 25.7 Å². The second kappa shape index (κ2) is 7.00. The van der Waals surface area contributed by atoms with Gasteiger partial charge in [-0.3, -0.25) is 9.69 Å². The number of likely N-dealkylation sites (tertiary alicyclic amines) is 1. The summed E-state index contributed by atoms with van der Waals surface area (Å²) in [7, 11) is 0. The third-order valence-corrected chi connectivity index (χ3v) is 4.16. The molecule has 100 valence electrons. The predicted octanol–water partition coefficient (Wildman–Crippen LogP) is 3.00. The first-order valence-corrected chi connectivity index (χ1v) is 7.05. The van der Waals surface area contributed by atoms with Crippen LogP contribution in [0, 0.1) is 11.8 Å². The molecule has 0 spiro atoms. The Labute approximate surface area is 105 Å². The molecule has 0 saturated carbocycles. The summed E-state index contributed by atoms with van der Waals surface area (Å²) in [4.78, 5) is 13.5. The number of carboxylic acids is 1. The normalized spacial score (nSPS) is 25.5. The van der Waals surface area contributed by atoms with E-state index in [-0.39, 0.29) is 5.92 Å². The van der Waals surface area contributed by atoms with Crippen LogP contribution in [-0.2, 0) is 4.79 Å². The molecule has 17 heavy (non-hydrogen) atoms. The highest BCUT2D eigenvalue weighted by Crippen LogP contribution is 2.24. The van der Waals surface area contributed by atoms with Gasteiger partial charge in [-0.1, -0.05) is 27.2 Å². The fraction of sp³-hybridized carbons (Fsp3) is 0.929. The fourth-order valence-electron chi connectivity index (χ4n) is 2.74. The summed E-state index contributed by atoms with van der Waals surface area (Å²) < 4.78 is 0. The smallest absolute Gasteiger partial charge is 0.307 e. The highest BCUT2D eigenvalue weighted by molar-refractivity contribution is 5.70. The molecule has 3 atom stereocenters. The van der Waals surface area contributed by atoms with Crippen LogP contribution in [0.25, 0.3) is 0 Å². The largest absolute Gasteiger partial charge is 0.481 e. The number of rotatable bonds is 6. The highest BCUT2D eigenvalue weighted by atomic mass is 16.4. The lowest BCUT2D eigenvalue weighted by Crippen LogP contribution is -2.45. The minimum Gasteiger partial charge on any atom is -0.481 e. The first-order chi connectivity index (χ1) is 8.08. The standard InChI is InChI=1S/C14H27NO2/c1-4-11(3)9-13(5-2)15-8-6-7-12(10-15)14(16)17/h11-13H,4-10H2,1-3H3,(H,16,17). The molecule has 1 heterocycles. The molecule has 0 amide bonds. The zero-order valence-electron chi connectivity index (χ0n) is 11.5. The molecule has 1 saturated heterocycles. The zero-order valence-corrected chi connectivity index (χ0v) is 11.5. The van der Waals surface area contributed by atoms with Crippen molar-refractivity contribution >= 4 is 5.97 Å². The molecule has 1 aliphatic rings. The van der Waals surface area contributed by atoms with Gasteiger partial charge in [0.15, 0.2) is 0 Å². The third-order valence-electron chi connectivity index (χ3n) is 4.16. The van der Waals surface area contributed by atoms with Crippen molar-refractivity contribution in [3.05, 3.63) is 0 Å². The van der Waals surface area contributed by atoms with E-state index in [0.717, 1.165) is 38.3 Å². The van der Waals surface area contributed by atoms with Gasteiger partial charge in [-0.05, 0) is 38.1 Å².